The summed E-state index contributed by atoms with van der Waals surface area (Å²) in [6.07, 6.45) is 2.14. The third-order valence-electron chi connectivity index (χ3n) is 6.66. The van der Waals surface area contributed by atoms with E-state index in [4.69, 9.17) is 4.74 Å². The topological polar surface area (TPSA) is 73.9 Å². The van der Waals surface area contributed by atoms with Gasteiger partial charge < -0.3 is 25.2 Å². The highest BCUT2D eigenvalue weighted by Crippen LogP contribution is 2.33. The zero-order chi connectivity index (χ0) is 21.9. The molecule has 0 aliphatic carbocycles. The van der Waals surface area contributed by atoms with Gasteiger partial charge in [0.15, 0.2) is 0 Å². The third-order valence-corrected chi connectivity index (χ3v) is 6.66. The lowest BCUT2D eigenvalue weighted by Gasteiger charge is -2.31. The highest BCUT2D eigenvalue weighted by molar-refractivity contribution is 5.99. The first-order valence-corrected chi connectivity index (χ1v) is 11.6. The summed E-state index contributed by atoms with van der Waals surface area (Å²) < 4.78 is 6.14. The zero-order valence-corrected chi connectivity index (χ0v) is 18.3. The summed E-state index contributed by atoms with van der Waals surface area (Å²) in [7, 11) is 0. The number of carbonyl (C=O) groups is 2. The number of piperidine rings is 1. The van der Waals surface area contributed by atoms with Crippen LogP contribution in [-0.2, 0) is 13.2 Å². The Morgan fingerprint density at radius 1 is 1.03 bits per heavy atom. The van der Waals surface area contributed by atoms with Gasteiger partial charge in [0.2, 0.25) is 0 Å². The van der Waals surface area contributed by atoms with Crippen LogP contribution in [0.15, 0.2) is 42.5 Å². The molecular weight excluding hydrogens is 404 g/mol. The van der Waals surface area contributed by atoms with Crippen LogP contribution in [0.25, 0.3) is 0 Å². The molecule has 2 aromatic carbocycles. The van der Waals surface area contributed by atoms with E-state index in [-0.39, 0.29) is 17.9 Å². The van der Waals surface area contributed by atoms with Crippen molar-refractivity contribution in [1.82, 2.24) is 20.4 Å². The maximum atomic E-state index is 13.0. The smallest absolute Gasteiger partial charge is 0.254 e. The summed E-state index contributed by atoms with van der Waals surface area (Å²) >= 11 is 0. The molecule has 7 heteroatoms. The van der Waals surface area contributed by atoms with Gasteiger partial charge in [0.1, 0.15) is 12.4 Å². The molecule has 7 nitrogen and oxygen atoms in total. The van der Waals surface area contributed by atoms with E-state index in [1.54, 1.807) is 0 Å². The van der Waals surface area contributed by atoms with E-state index >= 15 is 0 Å². The lowest BCUT2D eigenvalue weighted by atomic mass is 10.1. The number of benzene rings is 2. The second-order valence-corrected chi connectivity index (χ2v) is 8.74. The Bertz CT molecular complexity index is 979. The minimum absolute atomic E-state index is 0.0793. The Hall–Kier alpha value is -2.90. The summed E-state index contributed by atoms with van der Waals surface area (Å²) in [4.78, 5) is 29.5. The molecule has 0 bridgehead atoms. The van der Waals surface area contributed by atoms with E-state index < -0.39 is 0 Å². The maximum Gasteiger partial charge on any atom is 0.254 e. The summed E-state index contributed by atoms with van der Waals surface area (Å²) in [6, 6.07) is 13.6. The summed E-state index contributed by atoms with van der Waals surface area (Å²) in [6.45, 7) is 6.07. The molecule has 1 unspecified atom stereocenters. The van der Waals surface area contributed by atoms with Crippen LogP contribution < -0.4 is 15.4 Å². The summed E-state index contributed by atoms with van der Waals surface area (Å²) in [5.41, 5.74) is 3.44. The third kappa shape index (κ3) is 4.23. The Morgan fingerprint density at radius 3 is 2.59 bits per heavy atom. The van der Waals surface area contributed by atoms with Crippen LogP contribution in [0.2, 0.25) is 0 Å². The van der Waals surface area contributed by atoms with Crippen molar-refractivity contribution < 1.29 is 14.3 Å². The summed E-state index contributed by atoms with van der Waals surface area (Å²) in [5, 5.41) is 6.66. The fourth-order valence-electron chi connectivity index (χ4n) is 4.81. The lowest BCUT2D eigenvalue weighted by molar-refractivity contribution is 0.0673. The second-order valence-electron chi connectivity index (χ2n) is 8.74. The number of nitrogens with zero attached hydrogens (tertiary/aromatic N) is 2. The van der Waals surface area contributed by atoms with Gasteiger partial charge in [-0.2, -0.15) is 0 Å². The van der Waals surface area contributed by atoms with Gasteiger partial charge in [0, 0.05) is 55.5 Å². The van der Waals surface area contributed by atoms with Crippen LogP contribution in [-0.4, -0.2) is 66.9 Å². The minimum atomic E-state index is 0.0793. The Labute approximate surface area is 188 Å². The van der Waals surface area contributed by atoms with Crippen molar-refractivity contribution >= 4 is 11.8 Å². The van der Waals surface area contributed by atoms with Gasteiger partial charge in [0.25, 0.3) is 11.8 Å². The van der Waals surface area contributed by atoms with Gasteiger partial charge in [-0.15, -0.1) is 0 Å². The molecular formula is C25H30N4O3. The molecule has 3 aliphatic rings. The van der Waals surface area contributed by atoms with Crippen molar-refractivity contribution in [2.45, 2.75) is 32.0 Å². The van der Waals surface area contributed by atoms with Crippen molar-refractivity contribution in [2.75, 3.05) is 39.3 Å². The van der Waals surface area contributed by atoms with Crippen LogP contribution >= 0.6 is 0 Å². The number of nitrogens with one attached hydrogen (secondary N) is 2. The number of ether oxygens (including phenoxy) is 1. The van der Waals surface area contributed by atoms with Crippen LogP contribution in [0.5, 0.6) is 5.75 Å². The normalized spacial score (nSPS) is 20.9. The standard InChI is InChI=1S/C25H30N4O3/c30-24(28-13-11-26-12-14-28)19-8-6-18(7-9-19)17-32-23-5-1-4-21-22(23)16-29(25(21)31)20-3-2-10-27-15-20/h1,4-9,20,26-27H,2-3,10-17H2. The molecule has 0 saturated carbocycles. The van der Waals surface area contributed by atoms with E-state index in [0.717, 1.165) is 74.6 Å². The van der Waals surface area contributed by atoms with E-state index in [2.05, 4.69) is 10.6 Å². The van der Waals surface area contributed by atoms with Gasteiger partial charge in [0.05, 0.1) is 6.54 Å². The SMILES string of the molecule is O=C(c1ccc(COc2cccc3c2CN(C2CCCNC2)C3=O)cc1)N1CCNCC1. The van der Waals surface area contributed by atoms with E-state index in [1.165, 1.54) is 0 Å². The fraction of sp³-hybridized carbons (Fsp3) is 0.440. The lowest BCUT2D eigenvalue weighted by Crippen LogP contribution is -2.46. The molecule has 0 spiro atoms. The predicted octanol–water partition coefficient (Wildman–Crippen LogP) is 2.02. The van der Waals surface area contributed by atoms with Gasteiger partial charge >= 0.3 is 0 Å². The number of hydrogen-bond acceptors (Lipinski definition) is 5. The first-order chi connectivity index (χ1) is 15.7. The number of fused-ring (bicyclic) bond motifs is 1. The molecule has 0 aromatic heterocycles. The zero-order valence-electron chi connectivity index (χ0n) is 18.3. The van der Waals surface area contributed by atoms with Crippen LogP contribution in [0, 0.1) is 0 Å². The molecule has 2 aromatic rings. The van der Waals surface area contributed by atoms with Gasteiger partial charge in [-0.1, -0.05) is 18.2 Å². The van der Waals surface area contributed by atoms with Crippen LogP contribution in [0.3, 0.4) is 0 Å². The van der Waals surface area contributed by atoms with Crippen molar-refractivity contribution in [2.24, 2.45) is 0 Å². The van der Waals surface area contributed by atoms with E-state index in [0.29, 0.717) is 18.7 Å². The monoisotopic (exact) mass is 434 g/mol. The van der Waals surface area contributed by atoms with Crippen molar-refractivity contribution in [3.05, 3.63) is 64.7 Å². The molecule has 2 fully saturated rings. The van der Waals surface area contributed by atoms with Gasteiger partial charge in [-0.05, 0) is 49.2 Å². The molecule has 3 aliphatic heterocycles. The molecule has 2 N–H and O–H groups in total. The average molecular weight is 435 g/mol. The quantitative estimate of drug-likeness (QED) is 0.753. The Kier molecular flexibility index (Phi) is 6.10. The van der Waals surface area contributed by atoms with E-state index in [9.17, 15) is 9.59 Å². The number of piperazine rings is 1. The molecule has 3 heterocycles. The second kappa shape index (κ2) is 9.30. The predicted molar refractivity (Wildman–Crippen MR) is 122 cm³/mol. The van der Waals surface area contributed by atoms with E-state index in [1.807, 2.05) is 52.3 Å². The first-order valence-electron chi connectivity index (χ1n) is 11.6. The molecule has 168 valence electrons. The first kappa shape index (κ1) is 21.0. The molecule has 2 saturated heterocycles. The Balaban J connectivity index is 1.24. The number of hydrogen-bond donors (Lipinski definition) is 2. The molecule has 32 heavy (non-hydrogen) atoms. The van der Waals surface area contributed by atoms with Crippen molar-refractivity contribution in [1.29, 1.82) is 0 Å². The van der Waals surface area contributed by atoms with Crippen molar-refractivity contribution in [3.8, 4) is 5.75 Å². The maximum absolute atomic E-state index is 13.0. The molecule has 1 atom stereocenters. The highest BCUT2D eigenvalue weighted by atomic mass is 16.5. The van der Waals surface area contributed by atoms with Gasteiger partial charge in [-0.3, -0.25) is 9.59 Å². The highest BCUT2D eigenvalue weighted by Gasteiger charge is 2.35. The van der Waals surface area contributed by atoms with Crippen LogP contribution in [0.4, 0.5) is 0 Å². The number of amides is 2. The molecule has 0 radical (unpaired) electrons. The number of rotatable bonds is 5. The minimum Gasteiger partial charge on any atom is -0.489 e. The van der Waals surface area contributed by atoms with Gasteiger partial charge in [-0.25, -0.2) is 0 Å². The average Bonchev–Trinajstić information content (AvgIpc) is 3.21. The summed E-state index contributed by atoms with van der Waals surface area (Å²) in [5.74, 6) is 0.952. The Morgan fingerprint density at radius 2 is 1.84 bits per heavy atom. The van der Waals surface area contributed by atoms with Crippen LogP contribution in [0.1, 0.15) is 44.7 Å². The molecule has 2 amide bonds. The molecule has 5 rings (SSSR count). The largest absolute Gasteiger partial charge is 0.489 e. The van der Waals surface area contributed by atoms with Crippen molar-refractivity contribution in [3.63, 3.8) is 0 Å². The number of carbonyl (C=O) groups excluding carboxylic acids is 2. The fourth-order valence-corrected chi connectivity index (χ4v) is 4.81.